The average molecular weight is 714 g/mol. The highest BCUT2D eigenvalue weighted by Crippen LogP contribution is 2.42. The van der Waals surface area contributed by atoms with Gasteiger partial charge in [-0.15, -0.1) is 0 Å². The van der Waals surface area contributed by atoms with Crippen LogP contribution in [0.5, 0.6) is 5.88 Å². The lowest BCUT2D eigenvalue weighted by molar-refractivity contribution is -0.198. The van der Waals surface area contributed by atoms with Gasteiger partial charge in [-0.25, -0.2) is 4.68 Å². The summed E-state index contributed by atoms with van der Waals surface area (Å²) in [6, 6.07) is 7.66. The number of anilines is 2. The molecule has 2 aromatic heterocycles. The molecule has 0 unspecified atom stereocenters. The summed E-state index contributed by atoms with van der Waals surface area (Å²) in [7, 11) is 0. The highest BCUT2D eigenvalue weighted by Gasteiger charge is 2.46. The van der Waals surface area contributed by atoms with Gasteiger partial charge < -0.3 is 25.4 Å². The molecule has 3 aromatic rings. The van der Waals surface area contributed by atoms with E-state index in [0.717, 1.165) is 22.8 Å². The van der Waals surface area contributed by atoms with E-state index in [4.69, 9.17) is 15.2 Å². The van der Waals surface area contributed by atoms with Gasteiger partial charge in [-0.05, 0) is 62.6 Å². The number of esters is 1. The van der Waals surface area contributed by atoms with Crippen LogP contribution < -0.4 is 20.7 Å². The van der Waals surface area contributed by atoms with Crippen LogP contribution in [0.1, 0.15) is 49.1 Å². The molecular weight excluding hydrogens is 678 g/mol. The number of rotatable bonds is 9. The van der Waals surface area contributed by atoms with Crippen molar-refractivity contribution < 1.29 is 27.4 Å². The molecule has 2 saturated heterocycles. The lowest BCUT2D eigenvalue weighted by Crippen LogP contribution is -2.41. The molecule has 2 aliphatic heterocycles. The molecule has 0 radical (unpaired) electrons. The summed E-state index contributed by atoms with van der Waals surface area (Å²) in [5, 5.41) is 7.65. The van der Waals surface area contributed by atoms with Crippen LogP contribution in [0.4, 0.5) is 24.9 Å². The van der Waals surface area contributed by atoms with Crippen LogP contribution in [0.25, 0.3) is 5.69 Å². The molecule has 2 aliphatic rings. The molecule has 10 nitrogen and oxygen atoms in total. The van der Waals surface area contributed by atoms with Crippen LogP contribution in [-0.2, 0) is 16.0 Å². The smallest absolute Gasteiger partial charge is 0.429 e. The number of nitrogens with two attached hydrogens (primary N) is 1. The van der Waals surface area contributed by atoms with Gasteiger partial charge in [0.05, 0.1) is 18.0 Å². The first-order valence-corrected chi connectivity index (χ1v) is 15.8. The number of piperidine rings is 1. The number of aryl methyl sites for hydroxylation is 2. The number of ether oxygens (including phenoxy) is 2. The van der Waals surface area contributed by atoms with Gasteiger partial charge >= 0.3 is 12.1 Å². The Labute approximate surface area is 261 Å². The van der Waals surface area contributed by atoms with Crippen molar-refractivity contribution in [2.45, 2.75) is 57.9 Å². The number of carbonyl (C=O) groups excluding carboxylic acids is 1. The summed E-state index contributed by atoms with van der Waals surface area (Å²) in [5.41, 5.74) is 7.69. The van der Waals surface area contributed by atoms with Crippen molar-refractivity contribution in [3.05, 3.63) is 53.3 Å². The third-order valence-corrected chi connectivity index (χ3v) is 8.59. The first kappa shape index (κ1) is 31.3. The molecule has 3 N–H and O–H groups in total. The second kappa shape index (κ2) is 12.8. The van der Waals surface area contributed by atoms with Crippen molar-refractivity contribution in [2.24, 2.45) is 5.41 Å². The number of hydrogen-bond donors (Lipinski definition) is 2. The highest BCUT2D eigenvalue weighted by atomic mass is 127. The number of nitrogens with one attached hydrogen (secondary N) is 1. The maximum absolute atomic E-state index is 14.6. The number of alkyl halides is 4. The molecule has 0 bridgehead atoms. The zero-order chi connectivity index (χ0) is 30.8. The van der Waals surface area contributed by atoms with Gasteiger partial charge in [-0.2, -0.15) is 28.2 Å². The molecule has 0 saturated carbocycles. The van der Waals surface area contributed by atoms with E-state index in [1.807, 2.05) is 4.90 Å². The lowest BCUT2D eigenvalue weighted by Gasteiger charge is -2.39. The Morgan fingerprint density at radius 1 is 1.23 bits per heavy atom. The minimum absolute atomic E-state index is 0.0576. The summed E-state index contributed by atoms with van der Waals surface area (Å²) >= 11 is 2.23. The largest absolute Gasteiger partial charge is 0.465 e. The third kappa shape index (κ3) is 7.16. The predicted molar refractivity (Wildman–Crippen MR) is 164 cm³/mol. The molecule has 14 heteroatoms. The fraction of sp³-hybridized carbons (Fsp3) is 0.517. The quantitative estimate of drug-likeness (QED) is 0.184. The van der Waals surface area contributed by atoms with E-state index in [2.05, 4.69) is 43.0 Å². The number of nitrogen functional groups attached to an aromatic ring is 1. The Hall–Kier alpha value is -3.14. The standard InChI is InChI=1S/C29H35F3IN7O3/c1-3-42-26(41)21-16-28(17-35-21)8-12-39(13-9-28)23-15-24(37-27(34)36-23)43-25(29(30,31)32)20-5-4-19(6-10-33)14-22(20)40-11-7-18(2)38-40/h4-5,7,11,14-15,21,25,35H,3,6,8-10,12-13,16-17H2,1-2H3,(H2,34,36,37)/t21-,25+/m0/s1. The molecule has 2 atom stereocenters. The maximum atomic E-state index is 14.6. The number of benzene rings is 1. The first-order valence-electron chi connectivity index (χ1n) is 14.2. The molecule has 43 heavy (non-hydrogen) atoms. The predicted octanol–water partition coefficient (Wildman–Crippen LogP) is 4.72. The number of carbonyl (C=O) groups is 1. The lowest BCUT2D eigenvalue weighted by atomic mass is 9.76. The number of aromatic nitrogens is 4. The first-order chi connectivity index (χ1) is 20.5. The Morgan fingerprint density at radius 3 is 2.65 bits per heavy atom. The molecule has 1 aromatic carbocycles. The topological polar surface area (TPSA) is 120 Å². The fourth-order valence-electron chi connectivity index (χ4n) is 5.82. The van der Waals surface area contributed by atoms with Crippen LogP contribution in [0, 0.1) is 12.3 Å². The second-order valence-corrected chi connectivity index (χ2v) is 12.2. The van der Waals surface area contributed by atoms with Gasteiger partial charge in [-0.1, -0.05) is 34.7 Å². The van der Waals surface area contributed by atoms with Crippen molar-refractivity contribution in [1.82, 2.24) is 25.1 Å². The van der Waals surface area contributed by atoms with E-state index in [0.29, 0.717) is 50.6 Å². The Bertz CT molecular complexity index is 1440. The van der Waals surface area contributed by atoms with Crippen molar-refractivity contribution in [2.75, 3.05) is 41.3 Å². The fourth-order valence-corrected chi connectivity index (χ4v) is 6.44. The Morgan fingerprint density at radius 2 is 2.00 bits per heavy atom. The monoisotopic (exact) mass is 713 g/mol. The van der Waals surface area contributed by atoms with Crippen LogP contribution in [-0.4, -0.2) is 68.6 Å². The van der Waals surface area contributed by atoms with Gasteiger partial charge in [0.15, 0.2) is 0 Å². The Kier molecular flexibility index (Phi) is 9.34. The minimum Gasteiger partial charge on any atom is -0.465 e. The summed E-state index contributed by atoms with van der Waals surface area (Å²) in [6.45, 7) is 5.78. The molecular formula is C29H35F3IN7O3. The summed E-state index contributed by atoms with van der Waals surface area (Å²) < 4.78 is 56.9. The van der Waals surface area contributed by atoms with Gasteiger partial charge in [0, 0.05) is 41.9 Å². The maximum Gasteiger partial charge on any atom is 0.429 e. The van der Waals surface area contributed by atoms with Crippen LogP contribution in [0.3, 0.4) is 0 Å². The van der Waals surface area contributed by atoms with E-state index in [1.54, 1.807) is 38.2 Å². The van der Waals surface area contributed by atoms with E-state index in [1.165, 1.54) is 16.8 Å². The van der Waals surface area contributed by atoms with Crippen LogP contribution in [0.15, 0.2) is 36.5 Å². The summed E-state index contributed by atoms with van der Waals surface area (Å²) in [4.78, 5) is 22.5. The van der Waals surface area contributed by atoms with E-state index >= 15 is 0 Å². The average Bonchev–Trinajstić information content (AvgIpc) is 3.58. The van der Waals surface area contributed by atoms with Crippen molar-refractivity contribution in [1.29, 1.82) is 0 Å². The van der Waals surface area contributed by atoms with Gasteiger partial charge in [0.1, 0.15) is 11.9 Å². The summed E-state index contributed by atoms with van der Waals surface area (Å²) in [5.74, 6) is -0.295. The van der Waals surface area contributed by atoms with Gasteiger partial charge in [0.25, 0.3) is 0 Å². The molecule has 5 rings (SSSR count). The van der Waals surface area contributed by atoms with E-state index in [9.17, 15) is 18.0 Å². The third-order valence-electron chi connectivity index (χ3n) is 8.05. The number of nitrogens with zero attached hydrogens (tertiary/aromatic N) is 5. The van der Waals surface area contributed by atoms with Crippen molar-refractivity contribution in [3.8, 4) is 11.6 Å². The molecule has 0 amide bonds. The highest BCUT2D eigenvalue weighted by molar-refractivity contribution is 14.1. The molecule has 4 heterocycles. The number of hydrogen-bond acceptors (Lipinski definition) is 9. The molecule has 0 aliphatic carbocycles. The van der Waals surface area contributed by atoms with Crippen LogP contribution >= 0.6 is 22.6 Å². The Balaban J connectivity index is 1.38. The molecule has 2 fully saturated rings. The molecule has 1 spiro atoms. The van der Waals surface area contributed by atoms with E-state index < -0.39 is 12.3 Å². The van der Waals surface area contributed by atoms with Gasteiger partial charge in [0.2, 0.25) is 17.9 Å². The van der Waals surface area contributed by atoms with Crippen LogP contribution in [0.2, 0.25) is 0 Å². The SMILES string of the molecule is CCOC(=O)[C@@H]1CC2(CCN(c3cc(O[C@H](c4ccc(CCI)cc4-n4ccc(C)n4)C(F)(F)F)nc(N)n3)CC2)CN1. The van der Waals surface area contributed by atoms with Gasteiger partial charge in [-0.3, -0.25) is 4.79 Å². The zero-order valence-electron chi connectivity index (χ0n) is 24.0. The summed E-state index contributed by atoms with van der Waals surface area (Å²) in [6.07, 6.45) is -2.51. The number of halogens is 4. The van der Waals surface area contributed by atoms with Crippen molar-refractivity contribution >= 4 is 40.3 Å². The van der Waals surface area contributed by atoms with Crippen molar-refractivity contribution in [3.63, 3.8) is 0 Å². The minimum atomic E-state index is -4.76. The normalized spacial score (nSPS) is 19.0. The van der Waals surface area contributed by atoms with E-state index in [-0.39, 0.29) is 40.5 Å². The molecule has 232 valence electrons. The zero-order valence-corrected chi connectivity index (χ0v) is 26.2. The second-order valence-electron chi connectivity index (χ2n) is 11.1.